The quantitative estimate of drug-likeness (QED) is 0.0799. The van der Waals surface area contributed by atoms with E-state index in [1.807, 2.05) is 62.3 Å². The van der Waals surface area contributed by atoms with Crippen LogP contribution in [0.15, 0.2) is 0 Å². The minimum absolute atomic E-state index is 0.125. The Bertz CT molecular complexity index is 1520. The average Bonchev–Trinajstić information content (AvgIpc) is 3.74. The molecule has 2 fully saturated rings. The van der Waals surface area contributed by atoms with Crippen LogP contribution in [0.25, 0.3) is 0 Å². The van der Waals surface area contributed by atoms with Gasteiger partial charge in [0.15, 0.2) is 17.3 Å². The maximum atomic E-state index is 14.3. The summed E-state index contributed by atoms with van der Waals surface area (Å²) in [6.45, 7) is 38.4. The number of hydrogen-bond donors (Lipinski definition) is 2. The van der Waals surface area contributed by atoms with Crippen molar-refractivity contribution in [3.63, 3.8) is 0 Å². The number of carbonyl (C=O) groups excluding carboxylic acids is 5. The predicted molar refractivity (Wildman–Crippen MR) is 257 cm³/mol. The van der Waals surface area contributed by atoms with Gasteiger partial charge in [-0.15, -0.1) is 0 Å². The van der Waals surface area contributed by atoms with Crippen LogP contribution in [-0.4, -0.2) is 105 Å². The van der Waals surface area contributed by atoms with Gasteiger partial charge in [0.1, 0.15) is 6.10 Å². The molecule has 4 atom stereocenters. The van der Waals surface area contributed by atoms with E-state index in [2.05, 4.69) is 77.8 Å². The number of unbranched alkanes of at least 4 members (excludes halogenated alkanes) is 8. The van der Waals surface area contributed by atoms with Gasteiger partial charge >= 0.3 is 12.1 Å². The third-order valence-corrected chi connectivity index (χ3v) is 12.4. The molecule has 0 saturated carbocycles. The standard InChI is InChI=1S/C52H96N4O7/c1-45(2,3)41(58)39-35-38(36-56(39)50(16,17)18)63-40(57)29-25-21-23-27-31-51(53-48(10,11)12,42(59)46(4,5)6)30-26-22-19-20-24-28-34-62-44(61)55-33-32-52(37-55,54-49(13,14)15)43(60)47(7,8)9/h38-39,53-54H,19-37H2,1-18H3/t38-,39+,51?,52-/m0/s1. The molecule has 366 valence electrons. The Morgan fingerprint density at radius 2 is 1.16 bits per heavy atom. The molecule has 1 amide bonds. The Labute approximate surface area is 385 Å². The second-order valence-electron chi connectivity index (χ2n) is 25.4. The van der Waals surface area contributed by atoms with Gasteiger partial charge in [-0.25, -0.2) is 4.79 Å². The van der Waals surface area contributed by atoms with Gasteiger partial charge in [0.2, 0.25) is 0 Å². The topological polar surface area (TPSA) is 134 Å². The summed E-state index contributed by atoms with van der Waals surface area (Å²) >= 11 is 0. The maximum Gasteiger partial charge on any atom is 0.409 e. The second kappa shape index (κ2) is 22.4. The molecule has 0 aliphatic carbocycles. The second-order valence-corrected chi connectivity index (χ2v) is 25.4. The first-order chi connectivity index (χ1) is 28.5. The first-order valence-electron chi connectivity index (χ1n) is 24.6. The first kappa shape index (κ1) is 56.8. The number of ketones is 3. The van der Waals surface area contributed by atoms with Crippen molar-refractivity contribution in [3.8, 4) is 0 Å². The van der Waals surface area contributed by atoms with E-state index < -0.39 is 27.3 Å². The van der Waals surface area contributed by atoms with E-state index in [-0.39, 0.29) is 58.2 Å². The number of nitrogens with one attached hydrogen (secondary N) is 2. The van der Waals surface area contributed by atoms with Crippen molar-refractivity contribution in [1.82, 2.24) is 20.4 Å². The highest BCUT2D eigenvalue weighted by molar-refractivity contribution is 5.94. The monoisotopic (exact) mass is 889 g/mol. The van der Waals surface area contributed by atoms with Gasteiger partial charge in [-0.2, -0.15) is 0 Å². The Balaban J connectivity index is 1.86. The summed E-state index contributed by atoms with van der Waals surface area (Å²) in [5, 5.41) is 7.37. The number of rotatable bonds is 22. The van der Waals surface area contributed by atoms with Crippen LogP contribution in [-0.2, 0) is 28.7 Å². The Morgan fingerprint density at radius 3 is 1.63 bits per heavy atom. The number of hydrogen-bond acceptors (Lipinski definition) is 10. The van der Waals surface area contributed by atoms with Crippen molar-refractivity contribution in [1.29, 1.82) is 0 Å². The summed E-state index contributed by atoms with van der Waals surface area (Å²) in [5.74, 6) is 0.377. The fraction of sp³-hybridized carbons (Fsp3) is 0.904. The smallest absolute Gasteiger partial charge is 0.409 e. The number of amides is 1. The Kier molecular flexibility index (Phi) is 20.2. The van der Waals surface area contributed by atoms with Crippen molar-refractivity contribution in [2.75, 3.05) is 26.2 Å². The van der Waals surface area contributed by atoms with Gasteiger partial charge in [-0.1, -0.05) is 114 Å². The van der Waals surface area contributed by atoms with Crippen molar-refractivity contribution >= 4 is 29.4 Å². The molecule has 0 aromatic heterocycles. The highest BCUT2D eigenvalue weighted by Gasteiger charge is 2.51. The summed E-state index contributed by atoms with van der Waals surface area (Å²) in [6, 6.07) is -0.252. The lowest BCUT2D eigenvalue weighted by Gasteiger charge is -2.43. The molecule has 11 heteroatoms. The highest BCUT2D eigenvalue weighted by Crippen LogP contribution is 2.36. The van der Waals surface area contributed by atoms with Crippen LogP contribution < -0.4 is 10.6 Å². The van der Waals surface area contributed by atoms with E-state index in [9.17, 15) is 24.0 Å². The van der Waals surface area contributed by atoms with Crippen LogP contribution in [0.4, 0.5) is 4.79 Å². The van der Waals surface area contributed by atoms with Crippen molar-refractivity contribution in [2.24, 2.45) is 16.2 Å². The van der Waals surface area contributed by atoms with Gasteiger partial charge in [0, 0.05) is 65.3 Å². The lowest BCUT2D eigenvalue weighted by molar-refractivity contribution is -0.149. The summed E-state index contributed by atoms with van der Waals surface area (Å²) in [5.41, 5.74) is -3.64. The molecule has 2 heterocycles. The Hall–Kier alpha value is -2.37. The minimum Gasteiger partial charge on any atom is -0.461 e. The molecule has 0 radical (unpaired) electrons. The number of carbonyl (C=O) groups is 5. The zero-order valence-electron chi connectivity index (χ0n) is 43.8. The molecule has 2 N–H and O–H groups in total. The number of ether oxygens (including phenoxy) is 2. The fourth-order valence-electron chi connectivity index (χ4n) is 9.87. The van der Waals surface area contributed by atoms with E-state index in [1.165, 1.54) is 0 Å². The molecule has 2 saturated heterocycles. The molecule has 63 heavy (non-hydrogen) atoms. The van der Waals surface area contributed by atoms with Crippen LogP contribution in [0.3, 0.4) is 0 Å². The number of nitrogens with zero attached hydrogens (tertiary/aromatic N) is 2. The SMILES string of the molecule is CC(C)(C)NC(CCCCCCCCOC(=O)N1CC[C@@](NC(C)(C)C)(C(=O)C(C)(C)C)C1)(CCCCCCC(=O)O[C@H]1C[C@H](C(=O)C(C)(C)C)N(C(C)(C)C)C1)C(=O)C(C)(C)C. The summed E-state index contributed by atoms with van der Waals surface area (Å²) in [6.07, 6.45) is 11.6. The molecule has 0 aromatic rings. The number of likely N-dealkylation sites (tertiary alicyclic amines) is 2. The van der Waals surface area contributed by atoms with Crippen LogP contribution in [0.5, 0.6) is 0 Å². The average molecular weight is 889 g/mol. The first-order valence-corrected chi connectivity index (χ1v) is 24.6. The summed E-state index contributed by atoms with van der Waals surface area (Å²) in [7, 11) is 0. The molecular formula is C52H96N4O7. The van der Waals surface area contributed by atoms with Gasteiger partial charge < -0.3 is 19.7 Å². The van der Waals surface area contributed by atoms with Crippen molar-refractivity contribution < 1.29 is 33.4 Å². The van der Waals surface area contributed by atoms with E-state index >= 15 is 0 Å². The molecule has 2 rings (SSSR count). The van der Waals surface area contributed by atoms with E-state index in [0.29, 0.717) is 45.5 Å². The lowest BCUT2D eigenvalue weighted by atomic mass is 9.72. The lowest BCUT2D eigenvalue weighted by Crippen LogP contribution is -2.63. The van der Waals surface area contributed by atoms with Crippen LogP contribution in [0.2, 0.25) is 0 Å². The minimum atomic E-state index is -0.781. The van der Waals surface area contributed by atoms with Gasteiger partial charge in [-0.05, 0) is 94.4 Å². The van der Waals surface area contributed by atoms with Crippen molar-refractivity contribution in [2.45, 2.75) is 261 Å². The molecule has 0 bridgehead atoms. The number of Topliss-reactive ketones (excluding diaryl/α,β-unsaturated/α-hetero) is 3. The predicted octanol–water partition coefficient (Wildman–Crippen LogP) is 10.8. The van der Waals surface area contributed by atoms with Gasteiger partial charge in [-0.3, -0.25) is 29.4 Å². The normalized spacial score (nSPS) is 21.7. The van der Waals surface area contributed by atoms with E-state index in [0.717, 1.165) is 77.0 Å². The fourth-order valence-corrected chi connectivity index (χ4v) is 9.87. The van der Waals surface area contributed by atoms with E-state index in [1.54, 1.807) is 4.90 Å². The van der Waals surface area contributed by atoms with Gasteiger partial charge in [0.05, 0.1) is 23.7 Å². The zero-order chi connectivity index (χ0) is 48.5. The molecule has 2 aliphatic rings. The zero-order valence-corrected chi connectivity index (χ0v) is 43.8. The summed E-state index contributed by atoms with van der Waals surface area (Å²) < 4.78 is 11.6. The largest absolute Gasteiger partial charge is 0.461 e. The molecular weight excluding hydrogens is 793 g/mol. The third kappa shape index (κ3) is 18.4. The van der Waals surface area contributed by atoms with Crippen LogP contribution in [0, 0.1) is 16.2 Å². The molecule has 0 aromatic carbocycles. The van der Waals surface area contributed by atoms with E-state index in [4.69, 9.17) is 9.47 Å². The summed E-state index contributed by atoms with van der Waals surface area (Å²) in [4.78, 5) is 71.1. The molecule has 11 nitrogen and oxygen atoms in total. The maximum absolute atomic E-state index is 14.3. The molecule has 0 spiro atoms. The number of esters is 1. The van der Waals surface area contributed by atoms with Crippen LogP contribution in [0.1, 0.15) is 221 Å². The van der Waals surface area contributed by atoms with Crippen LogP contribution >= 0.6 is 0 Å². The third-order valence-electron chi connectivity index (χ3n) is 12.4. The molecule has 2 aliphatic heterocycles. The molecule has 1 unspecified atom stereocenters. The van der Waals surface area contributed by atoms with Gasteiger partial charge in [0.25, 0.3) is 0 Å². The highest BCUT2D eigenvalue weighted by atomic mass is 16.6. The Morgan fingerprint density at radius 1 is 0.635 bits per heavy atom. The van der Waals surface area contributed by atoms with Crippen molar-refractivity contribution in [3.05, 3.63) is 0 Å².